The molecule has 3 rings (SSSR count). The Morgan fingerprint density at radius 3 is 3.05 bits per heavy atom. The molecule has 0 atom stereocenters. The number of rotatable bonds is 4. The van der Waals surface area contributed by atoms with E-state index in [0.29, 0.717) is 0 Å². The number of nitrogens with one attached hydrogen (secondary N) is 1. The van der Waals surface area contributed by atoms with Gasteiger partial charge in [-0.15, -0.1) is 11.3 Å². The molecule has 1 N–H and O–H groups in total. The summed E-state index contributed by atoms with van der Waals surface area (Å²) in [5.74, 6) is 1.01. The van der Waals surface area contributed by atoms with Gasteiger partial charge in [-0.05, 0) is 44.2 Å². The van der Waals surface area contributed by atoms with Crippen molar-refractivity contribution in [2.24, 2.45) is 0 Å². The third-order valence-electron chi connectivity index (χ3n) is 3.82. The highest BCUT2D eigenvalue weighted by Gasteiger charge is 2.17. The van der Waals surface area contributed by atoms with Crippen molar-refractivity contribution in [3.63, 3.8) is 0 Å². The van der Waals surface area contributed by atoms with Crippen LogP contribution in [0, 0.1) is 6.92 Å². The van der Waals surface area contributed by atoms with E-state index in [0.717, 1.165) is 38.4 Å². The number of ether oxygens (including phenoxy) is 1. The number of anilines is 1. The lowest BCUT2D eigenvalue weighted by molar-refractivity contribution is 0.322. The van der Waals surface area contributed by atoms with Gasteiger partial charge in [0.2, 0.25) is 0 Å². The maximum atomic E-state index is 5.84. The van der Waals surface area contributed by atoms with E-state index < -0.39 is 0 Å². The molecule has 3 nitrogen and oxygen atoms in total. The molecule has 1 aliphatic rings. The summed E-state index contributed by atoms with van der Waals surface area (Å²) in [7, 11) is 2.00. The van der Waals surface area contributed by atoms with Crippen molar-refractivity contribution in [2.75, 3.05) is 25.1 Å². The number of nitrogens with zero attached hydrogens (tertiary/aromatic N) is 1. The summed E-state index contributed by atoms with van der Waals surface area (Å²) in [5, 5.41) is 3.23. The second-order valence-electron chi connectivity index (χ2n) is 5.42. The molecule has 1 aromatic carbocycles. The highest BCUT2D eigenvalue weighted by atomic mass is 32.1. The smallest absolute Gasteiger partial charge is 0.142 e. The molecule has 21 heavy (non-hydrogen) atoms. The average molecular weight is 302 g/mol. The van der Waals surface area contributed by atoms with Crippen LogP contribution in [0.4, 0.5) is 5.69 Å². The molecule has 0 amide bonds. The monoisotopic (exact) mass is 302 g/mol. The zero-order chi connectivity index (χ0) is 14.7. The maximum absolute atomic E-state index is 5.84. The van der Waals surface area contributed by atoms with E-state index in [9.17, 15) is 0 Å². The van der Waals surface area contributed by atoms with E-state index in [1.807, 2.05) is 24.5 Å². The fraction of sp³-hybridized carbons (Fsp3) is 0.412. The predicted molar refractivity (Wildman–Crippen MR) is 89.4 cm³/mol. The van der Waals surface area contributed by atoms with Gasteiger partial charge in [0.1, 0.15) is 5.75 Å². The van der Waals surface area contributed by atoms with E-state index in [1.54, 1.807) is 0 Å². The van der Waals surface area contributed by atoms with Crippen molar-refractivity contribution >= 4 is 17.0 Å². The van der Waals surface area contributed by atoms with Gasteiger partial charge in [-0.1, -0.05) is 12.1 Å². The SMILES string of the molecule is CNCc1cc(CN2CCCOc3ccccc32)c(C)s1. The molecule has 0 fully saturated rings. The molecule has 112 valence electrons. The lowest BCUT2D eigenvalue weighted by Crippen LogP contribution is -2.23. The van der Waals surface area contributed by atoms with Gasteiger partial charge in [-0.3, -0.25) is 0 Å². The van der Waals surface area contributed by atoms with Crippen molar-refractivity contribution in [3.05, 3.63) is 45.6 Å². The Hall–Kier alpha value is -1.52. The first-order valence-corrected chi connectivity index (χ1v) is 8.29. The van der Waals surface area contributed by atoms with Gasteiger partial charge in [-0.25, -0.2) is 0 Å². The molecule has 0 spiro atoms. The molecule has 2 aromatic rings. The minimum absolute atomic E-state index is 0.807. The average Bonchev–Trinajstić information content (AvgIpc) is 2.71. The molecule has 0 unspecified atom stereocenters. The van der Waals surface area contributed by atoms with E-state index in [2.05, 4.69) is 41.4 Å². The van der Waals surface area contributed by atoms with Crippen molar-refractivity contribution in [1.82, 2.24) is 5.32 Å². The number of benzene rings is 1. The van der Waals surface area contributed by atoms with Gasteiger partial charge < -0.3 is 15.0 Å². The lowest BCUT2D eigenvalue weighted by atomic mass is 10.2. The largest absolute Gasteiger partial charge is 0.491 e. The highest BCUT2D eigenvalue weighted by Crippen LogP contribution is 2.33. The summed E-state index contributed by atoms with van der Waals surface area (Å²) in [6, 6.07) is 10.7. The number of hydrogen-bond donors (Lipinski definition) is 1. The topological polar surface area (TPSA) is 24.5 Å². The Kier molecular flexibility index (Phi) is 4.46. The predicted octanol–water partition coefficient (Wildman–Crippen LogP) is 3.57. The van der Waals surface area contributed by atoms with E-state index in [-0.39, 0.29) is 0 Å². The molecule has 2 heterocycles. The standard InChI is InChI=1S/C17H22N2OS/c1-13-14(10-15(21-13)11-18-2)12-19-8-5-9-20-17-7-4-3-6-16(17)19/h3-4,6-7,10,18H,5,8-9,11-12H2,1-2H3. The molecule has 0 bridgehead atoms. The summed E-state index contributed by atoms with van der Waals surface area (Å²) in [6.07, 6.45) is 1.07. The zero-order valence-electron chi connectivity index (χ0n) is 12.7. The fourth-order valence-corrected chi connectivity index (χ4v) is 3.84. The third-order valence-corrected chi connectivity index (χ3v) is 4.91. The van der Waals surface area contributed by atoms with E-state index >= 15 is 0 Å². The first kappa shape index (κ1) is 14.4. The first-order valence-electron chi connectivity index (χ1n) is 7.47. The van der Waals surface area contributed by atoms with Crippen LogP contribution in [0.15, 0.2) is 30.3 Å². The van der Waals surface area contributed by atoms with Gasteiger partial charge >= 0.3 is 0 Å². The zero-order valence-corrected chi connectivity index (χ0v) is 13.5. The number of fused-ring (bicyclic) bond motifs is 1. The Morgan fingerprint density at radius 2 is 2.19 bits per heavy atom. The van der Waals surface area contributed by atoms with Gasteiger partial charge in [-0.2, -0.15) is 0 Å². The number of para-hydroxylation sites is 2. The van der Waals surface area contributed by atoms with Crippen LogP contribution in [0.1, 0.15) is 21.7 Å². The normalized spacial score (nSPS) is 14.5. The molecular weight excluding hydrogens is 280 g/mol. The fourth-order valence-electron chi connectivity index (χ4n) is 2.77. The van der Waals surface area contributed by atoms with Crippen LogP contribution in [-0.2, 0) is 13.1 Å². The van der Waals surface area contributed by atoms with Crippen LogP contribution in [0.3, 0.4) is 0 Å². The van der Waals surface area contributed by atoms with Crippen LogP contribution in [0.5, 0.6) is 5.75 Å². The summed E-state index contributed by atoms with van der Waals surface area (Å²) in [5.41, 5.74) is 2.65. The third kappa shape index (κ3) is 3.22. The van der Waals surface area contributed by atoms with Crippen molar-refractivity contribution < 1.29 is 4.74 Å². The van der Waals surface area contributed by atoms with Crippen LogP contribution in [0.2, 0.25) is 0 Å². The second kappa shape index (κ2) is 6.50. The lowest BCUT2D eigenvalue weighted by Gasteiger charge is -2.23. The second-order valence-corrected chi connectivity index (χ2v) is 6.76. The first-order chi connectivity index (χ1) is 10.3. The number of hydrogen-bond acceptors (Lipinski definition) is 4. The van der Waals surface area contributed by atoms with Gasteiger partial charge in [0.05, 0.1) is 12.3 Å². The Balaban J connectivity index is 1.84. The summed E-state index contributed by atoms with van der Waals surface area (Å²) in [6.45, 7) is 5.99. The number of aryl methyl sites for hydroxylation is 1. The molecule has 0 saturated carbocycles. The minimum Gasteiger partial charge on any atom is -0.491 e. The molecular formula is C17H22N2OS. The minimum atomic E-state index is 0.807. The molecule has 0 aliphatic carbocycles. The van der Waals surface area contributed by atoms with Crippen LogP contribution < -0.4 is 15.0 Å². The Labute approximate surface area is 130 Å². The van der Waals surface area contributed by atoms with Gasteiger partial charge in [0.25, 0.3) is 0 Å². The van der Waals surface area contributed by atoms with Crippen molar-refractivity contribution in [3.8, 4) is 5.75 Å². The Morgan fingerprint density at radius 1 is 1.33 bits per heavy atom. The van der Waals surface area contributed by atoms with Gasteiger partial charge in [0, 0.05) is 29.4 Å². The number of thiophene rings is 1. The highest BCUT2D eigenvalue weighted by molar-refractivity contribution is 7.12. The molecule has 1 aromatic heterocycles. The maximum Gasteiger partial charge on any atom is 0.142 e. The molecule has 4 heteroatoms. The van der Waals surface area contributed by atoms with Crippen molar-refractivity contribution in [2.45, 2.75) is 26.4 Å². The molecule has 1 aliphatic heterocycles. The molecule has 0 radical (unpaired) electrons. The van der Waals surface area contributed by atoms with E-state index in [1.165, 1.54) is 21.0 Å². The molecule has 0 saturated heterocycles. The van der Waals surface area contributed by atoms with Gasteiger partial charge in [0.15, 0.2) is 0 Å². The van der Waals surface area contributed by atoms with Crippen LogP contribution >= 0.6 is 11.3 Å². The summed E-state index contributed by atoms with van der Waals surface area (Å²) < 4.78 is 5.84. The summed E-state index contributed by atoms with van der Waals surface area (Å²) >= 11 is 1.89. The van der Waals surface area contributed by atoms with Crippen molar-refractivity contribution in [1.29, 1.82) is 0 Å². The Bertz CT molecular complexity index is 609. The summed E-state index contributed by atoms with van der Waals surface area (Å²) in [4.78, 5) is 5.27. The van der Waals surface area contributed by atoms with E-state index in [4.69, 9.17) is 4.74 Å². The van der Waals surface area contributed by atoms with Crippen LogP contribution in [0.25, 0.3) is 0 Å². The quantitative estimate of drug-likeness (QED) is 0.934. The van der Waals surface area contributed by atoms with Crippen LogP contribution in [-0.4, -0.2) is 20.2 Å².